The molecule has 5 nitrogen and oxygen atoms in total. The highest BCUT2D eigenvalue weighted by Gasteiger charge is 2.19. The molecular formula is C29H32N2O3. The van der Waals surface area contributed by atoms with Crippen molar-refractivity contribution >= 4 is 11.7 Å². The fourth-order valence-electron chi connectivity index (χ4n) is 4.41. The molecule has 1 heterocycles. The Hall–Kier alpha value is -3.57. The molecule has 1 N–H and O–H groups in total. The highest BCUT2D eigenvalue weighted by molar-refractivity contribution is 5.89. The number of carbonyl (C=O) groups excluding carboxylic acids is 1. The molecule has 1 aliphatic heterocycles. The summed E-state index contributed by atoms with van der Waals surface area (Å²) in [5.41, 5.74) is 6.58. The standard InChI is InChI=1S/C29H32N2O3/c1-3-18-34-29(33)23-10-12-27(13-11-23)31-16-14-30(15-17-31)21-26-9-8-25(19-22(26)4-2)24-6-5-7-28(32)20-24/h3,5-13,19-20,32H,1,4,14-18,21H2,2H3. The van der Waals surface area contributed by atoms with E-state index >= 15 is 0 Å². The highest BCUT2D eigenvalue weighted by atomic mass is 16.5. The average Bonchev–Trinajstić information content (AvgIpc) is 2.88. The van der Waals surface area contributed by atoms with Crippen molar-refractivity contribution in [1.29, 1.82) is 0 Å². The minimum absolute atomic E-state index is 0.223. The molecule has 0 aliphatic carbocycles. The molecule has 0 radical (unpaired) electrons. The van der Waals surface area contributed by atoms with Crippen LogP contribution in [0.4, 0.5) is 5.69 Å². The summed E-state index contributed by atoms with van der Waals surface area (Å²) in [7, 11) is 0. The fraction of sp³-hybridized carbons (Fsp3) is 0.276. The van der Waals surface area contributed by atoms with Crippen molar-refractivity contribution in [2.75, 3.05) is 37.7 Å². The first kappa shape index (κ1) is 23.6. The van der Waals surface area contributed by atoms with E-state index in [1.165, 1.54) is 11.1 Å². The number of phenolic OH excluding ortho intramolecular Hbond substituents is 1. The van der Waals surface area contributed by atoms with E-state index in [0.717, 1.165) is 56.0 Å². The minimum Gasteiger partial charge on any atom is -0.508 e. The van der Waals surface area contributed by atoms with Crippen LogP contribution in [0, 0.1) is 0 Å². The Morgan fingerprint density at radius 2 is 1.71 bits per heavy atom. The molecule has 0 unspecified atom stereocenters. The Bertz CT molecular complexity index is 1130. The predicted molar refractivity (Wildman–Crippen MR) is 137 cm³/mol. The molecule has 0 saturated carbocycles. The average molecular weight is 457 g/mol. The molecule has 0 bridgehead atoms. The number of ether oxygens (including phenoxy) is 1. The van der Waals surface area contributed by atoms with E-state index in [2.05, 4.69) is 41.5 Å². The van der Waals surface area contributed by atoms with E-state index in [0.29, 0.717) is 11.3 Å². The van der Waals surface area contributed by atoms with Crippen LogP contribution in [0.25, 0.3) is 11.1 Å². The lowest BCUT2D eigenvalue weighted by molar-refractivity contribution is 0.0549. The maximum atomic E-state index is 12.0. The lowest BCUT2D eigenvalue weighted by Crippen LogP contribution is -2.46. The molecule has 0 aromatic heterocycles. The number of phenols is 1. The van der Waals surface area contributed by atoms with Gasteiger partial charge in [-0.15, -0.1) is 0 Å². The maximum Gasteiger partial charge on any atom is 0.338 e. The van der Waals surface area contributed by atoms with E-state index in [9.17, 15) is 9.90 Å². The molecule has 5 heteroatoms. The van der Waals surface area contributed by atoms with Crippen molar-refractivity contribution in [3.63, 3.8) is 0 Å². The number of carbonyl (C=O) groups is 1. The van der Waals surface area contributed by atoms with Crippen LogP contribution in [0.2, 0.25) is 0 Å². The van der Waals surface area contributed by atoms with Gasteiger partial charge in [0.1, 0.15) is 12.4 Å². The SMILES string of the molecule is C=CCOC(=O)c1ccc(N2CCN(Cc3ccc(-c4cccc(O)c4)cc3CC)CC2)cc1. The van der Waals surface area contributed by atoms with E-state index < -0.39 is 0 Å². The van der Waals surface area contributed by atoms with Gasteiger partial charge in [0.25, 0.3) is 0 Å². The second-order valence-electron chi connectivity index (χ2n) is 8.58. The lowest BCUT2D eigenvalue weighted by Gasteiger charge is -2.36. The number of piperazine rings is 1. The molecule has 34 heavy (non-hydrogen) atoms. The Morgan fingerprint density at radius 3 is 2.38 bits per heavy atom. The number of aromatic hydroxyl groups is 1. The van der Waals surface area contributed by atoms with Crippen LogP contribution in [0.3, 0.4) is 0 Å². The molecule has 0 amide bonds. The zero-order chi connectivity index (χ0) is 23.9. The van der Waals surface area contributed by atoms with Crippen molar-refractivity contribution in [2.45, 2.75) is 19.9 Å². The summed E-state index contributed by atoms with van der Waals surface area (Å²) >= 11 is 0. The molecule has 0 atom stereocenters. The summed E-state index contributed by atoms with van der Waals surface area (Å²) in [6, 6.07) is 21.7. The zero-order valence-corrected chi connectivity index (χ0v) is 19.7. The third kappa shape index (κ3) is 5.67. The first-order chi connectivity index (χ1) is 16.6. The van der Waals surface area contributed by atoms with E-state index in [-0.39, 0.29) is 12.6 Å². The lowest BCUT2D eigenvalue weighted by atomic mass is 9.97. The van der Waals surface area contributed by atoms with Crippen molar-refractivity contribution in [2.24, 2.45) is 0 Å². The summed E-state index contributed by atoms with van der Waals surface area (Å²) in [6.07, 6.45) is 2.54. The highest BCUT2D eigenvalue weighted by Crippen LogP contribution is 2.27. The number of rotatable bonds is 8. The Kier molecular flexibility index (Phi) is 7.65. The Balaban J connectivity index is 1.36. The molecule has 3 aromatic rings. The largest absolute Gasteiger partial charge is 0.508 e. The molecule has 1 saturated heterocycles. The second-order valence-corrected chi connectivity index (χ2v) is 8.58. The summed E-state index contributed by atoms with van der Waals surface area (Å²) in [5.74, 6) is -0.0298. The number of anilines is 1. The van der Waals surface area contributed by atoms with E-state index in [1.54, 1.807) is 12.1 Å². The second kappa shape index (κ2) is 11.0. The van der Waals surface area contributed by atoms with Crippen LogP contribution >= 0.6 is 0 Å². The van der Waals surface area contributed by atoms with Crippen molar-refractivity contribution in [1.82, 2.24) is 4.90 Å². The monoisotopic (exact) mass is 456 g/mol. The van der Waals surface area contributed by atoms with Crippen molar-refractivity contribution < 1.29 is 14.6 Å². The number of nitrogens with zero attached hydrogens (tertiary/aromatic N) is 2. The fourth-order valence-corrected chi connectivity index (χ4v) is 4.41. The van der Waals surface area contributed by atoms with Gasteiger partial charge in [-0.2, -0.15) is 0 Å². The summed E-state index contributed by atoms with van der Waals surface area (Å²) < 4.78 is 5.10. The third-order valence-electron chi connectivity index (χ3n) is 6.33. The topological polar surface area (TPSA) is 53.0 Å². The van der Waals surface area contributed by atoms with Gasteiger partial charge in [0, 0.05) is 38.4 Å². The molecular weight excluding hydrogens is 424 g/mol. The maximum absolute atomic E-state index is 12.0. The van der Waals surface area contributed by atoms with Crippen molar-refractivity contribution in [3.8, 4) is 16.9 Å². The van der Waals surface area contributed by atoms with Gasteiger partial charge in [0.2, 0.25) is 0 Å². The van der Waals surface area contributed by atoms with Gasteiger partial charge in [-0.1, -0.05) is 49.9 Å². The minimum atomic E-state index is -0.321. The van der Waals surface area contributed by atoms with Gasteiger partial charge >= 0.3 is 5.97 Å². The summed E-state index contributed by atoms with van der Waals surface area (Å²) in [4.78, 5) is 16.8. The number of hydrogen-bond acceptors (Lipinski definition) is 5. The van der Waals surface area contributed by atoms with Crippen LogP contribution in [0.1, 0.15) is 28.4 Å². The van der Waals surface area contributed by atoms with Crippen LogP contribution < -0.4 is 4.90 Å². The van der Waals surface area contributed by atoms with Crippen LogP contribution in [0.5, 0.6) is 5.75 Å². The zero-order valence-electron chi connectivity index (χ0n) is 19.7. The quantitative estimate of drug-likeness (QED) is 0.369. The molecule has 1 aliphatic rings. The van der Waals surface area contributed by atoms with Gasteiger partial charge in [0.05, 0.1) is 5.56 Å². The molecule has 0 spiro atoms. The van der Waals surface area contributed by atoms with Crippen molar-refractivity contribution in [3.05, 3.63) is 96.1 Å². The number of esters is 1. The van der Waals surface area contributed by atoms with Gasteiger partial charge in [-0.25, -0.2) is 4.79 Å². The number of aryl methyl sites for hydroxylation is 1. The van der Waals surface area contributed by atoms with Gasteiger partial charge in [-0.3, -0.25) is 4.90 Å². The van der Waals surface area contributed by atoms with Crippen LogP contribution in [-0.2, 0) is 17.7 Å². The predicted octanol–water partition coefficient (Wildman–Crippen LogP) is 5.29. The molecule has 4 rings (SSSR count). The molecule has 3 aromatic carbocycles. The molecule has 176 valence electrons. The Labute approximate surface area is 201 Å². The third-order valence-corrected chi connectivity index (χ3v) is 6.33. The normalized spacial score (nSPS) is 14.1. The number of hydrogen-bond donors (Lipinski definition) is 1. The smallest absolute Gasteiger partial charge is 0.338 e. The summed E-state index contributed by atoms with van der Waals surface area (Å²) in [6.45, 7) is 10.8. The summed E-state index contributed by atoms with van der Waals surface area (Å²) in [5, 5.41) is 9.81. The first-order valence-corrected chi connectivity index (χ1v) is 11.8. The Morgan fingerprint density at radius 1 is 0.971 bits per heavy atom. The van der Waals surface area contributed by atoms with Gasteiger partial charge < -0.3 is 14.7 Å². The van der Waals surface area contributed by atoms with Gasteiger partial charge in [-0.05, 0) is 65.1 Å². The van der Waals surface area contributed by atoms with Crippen LogP contribution in [0.15, 0.2) is 79.4 Å². The van der Waals surface area contributed by atoms with E-state index in [1.807, 2.05) is 42.5 Å². The van der Waals surface area contributed by atoms with Crippen LogP contribution in [-0.4, -0.2) is 48.8 Å². The first-order valence-electron chi connectivity index (χ1n) is 11.8. The number of benzene rings is 3. The molecule has 1 fully saturated rings. The van der Waals surface area contributed by atoms with E-state index in [4.69, 9.17) is 4.74 Å². The van der Waals surface area contributed by atoms with Gasteiger partial charge in [0.15, 0.2) is 0 Å².